The minimum atomic E-state index is -0.979. The number of hydrogen-bond donors (Lipinski definition) is 3. The smallest absolute Gasteiger partial charge is 0.322 e. The second-order valence-corrected chi connectivity index (χ2v) is 5.75. The first kappa shape index (κ1) is 16.3. The Bertz CT molecular complexity index is 918. The molecule has 0 fully saturated rings. The predicted molar refractivity (Wildman–Crippen MR) is 95.4 cm³/mol. The number of nitrogens with zero attached hydrogens (tertiary/aromatic N) is 2. The molecule has 3 aromatic rings. The molecule has 3 rings (SSSR count). The number of aliphatic carboxylic acids is 1. The van der Waals surface area contributed by atoms with E-state index in [4.69, 9.17) is 28.3 Å². The molecule has 0 aliphatic heterocycles. The predicted octanol–water partition coefficient (Wildman–Crippen LogP) is 4.18. The Kier molecular flexibility index (Phi) is 4.69. The van der Waals surface area contributed by atoms with Crippen LogP contribution in [0.5, 0.6) is 0 Å². The summed E-state index contributed by atoms with van der Waals surface area (Å²) in [6, 6.07) is 12.3. The van der Waals surface area contributed by atoms with Gasteiger partial charge in [-0.3, -0.25) is 4.79 Å². The lowest BCUT2D eigenvalue weighted by atomic mass is 10.2. The van der Waals surface area contributed by atoms with E-state index in [0.717, 1.165) is 5.39 Å². The highest BCUT2D eigenvalue weighted by atomic mass is 35.5. The first-order chi connectivity index (χ1) is 11.5. The van der Waals surface area contributed by atoms with Gasteiger partial charge in [0, 0.05) is 10.4 Å². The van der Waals surface area contributed by atoms with E-state index in [1.165, 1.54) is 0 Å². The van der Waals surface area contributed by atoms with Gasteiger partial charge in [-0.15, -0.1) is 0 Å². The Balaban J connectivity index is 1.99. The van der Waals surface area contributed by atoms with Gasteiger partial charge >= 0.3 is 5.97 Å². The molecule has 3 N–H and O–H groups in total. The summed E-state index contributed by atoms with van der Waals surface area (Å²) in [6.45, 7) is -0.248. The van der Waals surface area contributed by atoms with Crippen molar-refractivity contribution in [2.45, 2.75) is 0 Å². The third-order valence-electron chi connectivity index (χ3n) is 3.19. The van der Waals surface area contributed by atoms with Crippen LogP contribution >= 0.6 is 23.2 Å². The molecule has 0 spiro atoms. The van der Waals surface area contributed by atoms with Gasteiger partial charge in [-0.1, -0.05) is 35.3 Å². The van der Waals surface area contributed by atoms with Crippen molar-refractivity contribution in [1.82, 2.24) is 9.97 Å². The maximum Gasteiger partial charge on any atom is 0.322 e. The number of aromatic nitrogens is 2. The number of carboxylic acids is 1. The first-order valence-corrected chi connectivity index (χ1v) is 7.73. The van der Waals surface area contributed by atoms with Crippen LogP contribution < -0.4 is 10.6 Å². The van der Waals surface area contributed by atoms with Crippen molar-refractivity contribution in [2.75, 3.05) is 17.2 Å². The number of carboxylic acid groups (broad SMARTS) is 1. The molecule has 0 radical (unpaired) electrons. The second-order valence-electron chi connectivity index (χ2n) is 4.91. The molecule has 1 aromatic heterocycles. The fourth-order valence-electron chi connectivity index (χ4n) is 2.14. The average molecular weight is 363 g/mol. The zero-order valence-electron chi connectivity index (χ0n) is 12.3. The van der Waals surface area contributed by atoms with E-state index in [1.807, 2.05) is 24.3 Å². The van der Waals surface area contributed by atoms with Gasteiger partial charge < -0.3 is 15.7 Å². The van der Waals surface area contributed by atoms with Crippen LogP contribution in [-0.4, -0.2) is 27.6 Å². The van der Waals surface area contributed by atoms with E-state index >= 15 is 0 Å². The van der Waals surface area contributed by atoms with Gasteiger partial charge in [0.1, 0.15) is 12.4 Å². The van der Waals surface area contributed by atoms with E-state index in [-0.39, 0.29) is 6.54 Å². The number of hydrogen-bond acceptors (Lipinski definition) is 5. The minimum Gasteiger partial charge on any atom is -0.480 e. The van der Waals surface area contributed by atoms with Crippen molar-refractivity contribution in [3.05, 3.63) is 52.5 Å². The Labute approximate surface area is 147 Å². The lowest BCUT2D eigenvalue weighted by molar-refractivity contribution is -0.134. The molecule has 0 atom stereocenters. The molecule has 0 aliphatic carbocycles. The van der Waals surface area contributed by atoms with Gasteiger partial charge in [0.25, 0.3) is 0 Å². The molecule has 1 heterocycles. The fraction of sp³-hybridized carbons (Fsp3) is 0.0625. The van der Waals surface area contributed by atoms with Crippen LogP contribution in [0.3, 0.4) is 0 Å². The standard InChI is InChI=1S/C16H12Cl2N4O2/c17-9-5-6-13(11(18)7-9)21-16-20-12-4-2-1-3-10(12)15(22-16)19-8-14(23)24/h1-7H,8H2,(H,23,24)(H2,19,20,21,22). The Morgan fingerprint density at radius 2 is 1.92 bits per heavy atom. The van der Waals surface area contributed by atoms with E-state index in [9.17, 15) is 4.79 Å². The number of fused-ring (bicyclic) bond motifs is 1. The molecule has 0 bridgehead atoms. The lowest BCUT2D eigenvalue weighted by Crippen LogP contribution is -2.14. The van der Waals surface area contributed by atoms with E-state index in [0.29, 0.717) is 33.0 Å². The molecule has 0 saturated heterocycles. The number of para-hydroxylation sites is 1. The monoisotopic (exact) mass is 362 g/mol. The maximum absolute atomic E-state index is 10.8. The van der Waals surface area contributed by atoms with Crippen LogP contribution in [0.15, 0.2) is 42.5 Å². The van der Waals surface area contributed by atoms with Crippen molar-refractivity contribution in [3.63, 3.8) is 0 Å². The van der Waals surface area contributed by atoms with Crippen LogP contribution in [-0.2, 0) is 4.79 Å². The average Bonchev–Trinajstić information content (AvgIpc) is 2.55. The lowest BCUT2D eigenvalue weighted by Gasteiger charge is -2.11. The summed E-state index contributed by atoms with van der Waals surface area (Å²) in [5.41, 5.74) is 1.27. The Morgan fingerprint density at radius 3 is 2.67 bits per heavy atom. The minimum absolute atomic E-state index is 0.248. The van der Waals surface area contributed by atoms with Gasteiger partial charge in [-0.2, -0.15) is 4.98 Å². The Morgan fingerprint density at radius 1 is 1.12 bits per heavy atom. The first-order valence-electron chi connectivity index (χ1n) is 6.97. The molecular formula is C16H12Cl2N4O2. The third kappa shape index (κ3) is 3.67. The van der Waals surface area contributed by atoms with Crippen molar-refractivity contribution in [2.24, 2.45) is 0 Å². The molecule has 6 nitrogen and oxygen atoms in total. The molecule has 122 valence electrons. The number of benzene rings is 2. The van der Waals surface area contributed by atoms with Crippen LogP contribution in [0.1, 0.15) is 0 Å². The molecular weight excluding hydrogens is 351 g/mol. The summed E-state index contributed by atoms with van der Waals surface area (Å²) >= 11 is 12.0. The van der Waals surface area contributed by atoms with Crippen LogP contribution in [0.2, 0.25) is 10.0 Å². The molecule has 8 heteroatoms. The largest absolute Gasteiger partial charge is 0.480 e. The normalized spacial score (nSPS) is 10.6. The number of rotatable bonds is 5. The summed E-state index contributed by atoms with van der Waals surface area (Å²) in [5.74, 6) is -0.255. The van der Waals surface area contributed by atoms with Crippen molar-refractivity contribution < 1.29 is 9.90 Å². The molecule has 24 heavy (non-hydrogen) atoms. The maximum atomic E-state index is 10.8. The molecule has 0 aliphatic rings. The second kappa shape index (κ2) is 6.90. The van der Waals surface area contributed by atoms with Gasteiger partial charge in [0.15, 0.2) is 0 Å². The summed E-state index contributed by atoms with van der Waals surface area (Å²) in [4.78, 5) is 19.6. The van der Waals surface area contributed by atoms with E-state index in [2.05, 4.69) is 20.6 Å². The molecule has 0 saturated carbocycles. The molecule has 0 amide bonds. The van der Waals surface area contributed by atoms with Gasteiger partial charge in [-0.05, 0) is 30.3 Å². The summed E-state index contributed by atoms with van der Waals surface area (Å²) in [7, 11) is 0. The topological polar surface area (TPSA) is 87.1 Å². The number of anilines is 3. The zero-order valence-corrected chi connectivity index (χ0v) is 13.8. The molecule has 2 aromatic carbocycles. The number of nitrogens with one attached hydrogen (secondary N) is 2. The van der Waals surface area contributed by atoms with Crippen LogP contribution in [0.25, 0.3) is 10.9 Å². The van der Waals surface area contributed by atoms with Gasteiger partial charge in [0.2, 0.25) is 5.95 Å². The van der Waals surface area contributed by atoms with Crippen molar-refractivity contribution in [3.8, 4) is 0 Å². The van der Waals surface area contributed by atoms with Crippen molar-refractivity contribution >= 4 is 57.5 Å². The number of halogens is 2. The summed E-state index contributed by atoms with van der Waals surface area (Å²) in [5, 5.41) is 16.4. The number of carbonyl (C=O) groups is 1. The van der Waals surface area contributed by atoms with E-state index < -0.39 is 5.97 Å². The van der Waals surface area contributed by atoms with Crippen molar-refractivity contribution in [1.29, 1.82) is 0 Å². The van der Waals surface area contributed by atoms with Gasteiger partial charge in [0.05, 0.1) is 16.2 Å². The zero-order chi connectivity index (χ0) is 17.1. The SMILES string of the molecule is O=C(O)CNc1nc(Nc2ccc(Cl)cc2Cl)nc2ccccc12. The summed E-state index contributed by atoms with van der Waals surface area (Å²) < 4.78 is 0. The highest BCUT2D eigenvalue weighted by Crippen LogP contribution is 2.29. The highest BCUT2D eigenvalue weighted by molar-refractivity contribution is 6.36. The Hall–Kier alpha value is -2.57. The van der Waals surface area contributed by atoms with Crippen LogP contribution in [0.4, 0.5) is 17.5 Å². The third-order valence-corrected chi connectivity index (χ3v) is 3.74. The molecule has 0 unspecified atom stereocenters. The summed E-state index contributed by atoms with van der Waals surface area (Å²) in [6.07, 6.45) is 0. The van der Waals surface area contributed by atoms with Crippen LogP contribution in [0, 0.1) is 0 Å². The quantitative estimate of drug-likeness (QED) is 0.631. The highest BCUT2D eigenvalue weighted by Gasteiger charge is 2.10. The van der Waals surface area contributed by atoms with Gasteiger partial charge in [-0.25, -0.2) is 4.98 Å². The van der Waals surface area contributed by atoms with E-state index in [1.54, 1.807) is 18.2 Å². The fourth-order valence-corrected chi connectivity index (χ4v) is 2.59.